The Morgan fingerprint density at radius 3 is 1.85 bits per heavy atom. The van der Waals surface area contributed by atoms with Crippen LogP contribution in [0.2, 0.25) is 0 Å². The van der Waals surface area contributed by atoms with Gasteiger partial charge in [0.25, 0.3) is 0 Å². The van der Waals surface area contributed by atoms with Gasteiger partial charge < -0.3 is 9.84 Å². The maximum atomic E-state index is 12.1. The Bertz CT molecular complexity index is 763. The summed E-state index contributed by atoms with van der Waals surface area (Å²) in [6.07, 6.45) is 14.2. The number of hydrogen-bond acceptors (Lipinski definition) is 4. The molecular formula is C26H45NO5S. The Balaban J connectivity index is 2.53. The number of carboxylic acids is 1. The van der Waals surface area contributed by atoms with E-state index in [2.05, 4.69) is 11.6 Å². The summed E-state index contributed by atoms with van der Waals surface area (Å²) in [5.41, 5.74) is -0.812. The second kappa shape index (κ2) is 16.0. The Hall–Kier alpha value is -1.76. The number of benzene rings is 1. The SMILES string of the molecule is CCCCCCCCCCCCC(CC)(Oc1ccc(NS(=O)(=O)CCCC)cc1)C(=O)O. The minimum absolute atomic E-state index is 0.0819. The van der Waals surface area contributed by atoms with E-state index in [0.29, 0.717) is 30.7 Å². The van der Waals surface area contributed by atoms with Crippen LogP contribution in [0.25, 0.3) is 0 Å². The van der Waals surface area contributed by atoms with Crippen LogP contribution >= 0.6 is 0 Å². The van der Waals surface area contributed by atoms with Crippen molar-refractivity contribution in [2.75, 3.05) is 10.5 Å². The monoisotopic (exact) mass is 483 g/mol. The van der Waals surface area contributed by atoms with E-state index >= 15 is 0 Å². The second-order valence-corrected chi connectivity index (χ2v) is 10.8. The van der Waals surface area contributed by atoms with Crippen molar-refractivity contribution >= 4 is 21.7 Å². The van der Waals surface area contributed by atoms with Crippen LogP contribution in [-0.4, -0.2) is 30.8 Å². The number of anilines is 1. The lowest BCUT2D eigenvalue weighted by Crippen LogP contribution is -2.44. The zero-order valence-electron chi connectivity index (χ0n) is 20.9. The summed E-state index contributed by atoms with van der Waals surface area (Å²) in [6.45, 7) is 6.01. The van der Waals surface area contributed by atoms with Crippen molar-refractivity contribution in [3.63, 3.8) is 0 Å². The van der Waals surface area contributed by atoms with E-state index in [0.717, 1.165) is 25.7 Å². The Kier molecular flexibility index (Phi) is 14.2. The maximum Gasteiger partial charge on any atom is 0.348 e. The molecule has 1 rings (SSSR count). The molecule has 0 aliphatic carbocycles. The Labute approximate surface area is 201 Å². The number of hydrogen-bond donors (Lipinski definition) is 2. The first-order valence-electron chi connectivity index (χ1n) is 12.8. The molecule has 0 aliphatic heterocycles. The van der Waals surface area contributed by atoms with Crippen molar-refractivity contribution in [2.24, 2.45) is 0 Å². The van der Waals surface area contributed by atoms with E-state index in [4.69, 9.17) is 4.74 Å². The Morgan fingerprint density at radius 1 is 0.848 bits per heavy atom. The molecule has 1 aromatic rings. The quantitative estimate of drug-likeness (QED) is 0.192. The molecule has 7 heteroatoms. The van der Waals surface area contributed by atoms with E-state index in [-0.39, 0.29) is 5.75 Å². The van der Waals surface area contributed by atoms with E-state index in [1.807, 2.05) is 13.8 Å². The first kappa shape index (κ1) is 29.3. The topological polar surface area (TPSA) is 92.7 Å². The van der Waals surface area contributed by atoms with E-state index in [1.165, 1.54) is 44.9 Å². The van der Waals surface area contributed by atoms with E-state index in [9.17, 15) is 18.3 Å². The zero-order valence-corrected chi connectivity index (χ0v) is 21.7. The molecule has 0 aliphatic rings. The summed E-state index contributed by atoms with van der Waals surface area (Å²) < 4.78 is 32.6. The van der Waals surface area contributed by atoms with Crippen molar-refractivity contribution in [1.82, 2.24) is 0 Å². The largest absolute Gasteiger partial charge is 0.478 e. The van der Waals surface area contributed by atoms with Crippen molar-refractivity contribution in [3.05, 3.63) is 24.3 Å². The molecule has 0 bridgehead atoms. The first-order chi connectivity index (χ1) is 15.8. The highest BCUT2D eigenvalue weighted by Gasteiger charge is 2.38. The number of nitrogens with one attached hydrogen (secondary N) is 1. The molecular weight excluding hydrogens is 438 g/mol. The van der Waals surface area contributed by atoms with Crippen molar-refractivity contribution < 1.29 is 23.1 Å². The van der Waals surface area contributed by atoms with Gasteiger partial charge in [-0.25, -0.2) is 13.2 Å². The summed E-state index contributed by atoms with van der Waals surface area (Å²) in [7, 11) is -3.38. The molecule has 0 saturated carbocycles. The molecule has 0 aromatic heterocycles. The van der Waals surface area contributed by atoms with Gasteiger partial charge in [0, 0.05) is 5.69 Å². The fourth-order valence-corrected chi connectivity index (χ4v) is 5.15. The number of carbonyl (C=O) groups is 1. The standard InChI is InChI=1S/C26H45NO5S/c1-4-7-9-10-11-12-13-14-15-16-21-26(6-3,25(28)29)32-24-19-17-23(18-20-24)27-33(30,31)22-8-5-2/h17-20,27H,4-16,21-22H2,1-3H3,(H,28,29). The van der Waals surface area contributed by atoms with Gasteiger partial charge in [-0.15, -0.1) is 0 Å². The molecule has 0 saturated heterocycles. The number of rotatable bonds is 20. The molecule has 2 N–H and O–H groups in total. The van der Waals surface area contributed by atoms with Crippen molar-refractivity contribution in [2.45, 2.75) is 116 Å². The molecule has 0 spiro atoms. The lowest BCUT2D eigenvalue weighted by Gasteiger charge is -2.29. The molecule has 0 amide bonds. The Morgan fingerprint density at radius 2 is 1.36 bits per heavy atom. The van der Waals surface area contributed by atoms with Crippen LogP contribution in [0, 0.1) is 0 Å². The maximum absolute atomic E-state index is 12.1. The van der Waals surface area contributed by atoms with Gasteiger partial charge in [-0.1, -0.05) is 85.0 Å². The van der Waals surface area contributed by atoms with E-state index in [1.54, 1.807) is 24.3 Å². The van der Waals surface area contributed by atoms with Gasteiger partial charge >= 0.3 is 5.97 Å². The minimum atomic E-state index is -3.38. The average molecular weight is 484 g/mol. The zero-order chi connectivity index (χ0) is 24.6. The summed E-state index contributed by atoms with van der Waals surface area (Å²) in [5, 5.41) is 9.90. The van der Waals surface area contributed by atoms with Gasteiger partial charge in [-0.3, -0.25) is 4.72 Å². The van der Waals surface area contributed by atoms with Crippen molar-refractivity contribution in [1.29, 1.82) is 0 Å². The van der Waals surface area contributed by atoms with Crippen molar-refractivity contribution in [3.8, 4) is 5.75 Å². The van der Waals surface area contributed by atoms with E-state index < -0.39 is 21.6 Å². The predicted octanol–water partition coefficient (Wildman–Crippen LogP) is 7.15. The lowest BCUT2D eigenvalue weighted by atomic mass is 9.92. The van der Waals surface area contributed by atoms with Crippen LogP contribution in [0.15, 0.2) is 24.3 Å². The number of aliphatic carboxylic acids is 1. The summed E-state index contributed by atoms with van der Waals surface area (Å²) >= 11 is 0. The van der Waals surface area contributed by atoms with Crippen LogP contribution in [0.3, 0.4) is 0 Å². The van der Waals surface area contributed by atoms with Crippen LogP contribution in [0.1, 0.15) is 111 Å². The van der Waals surface area contributed by atoms with Gasteiger partial charge in [0.2, 0.25) is 15.6 Å². The van der Waals surface area contributed by atoms with Crippen LogP contribution < -0.4 is 9.46 Å². The number of sulfonamides is 1. The first-order valence-corrected chi connectivity index (χ1v) is 14.5. The fraction of sp³-hybridized carbons (Fsp3) is 0.731. The highest BCUT2D eigenvalue weighted by Crippen LogP contribution is 2.29. The fourth-order valence-electron chi connectivity index (χ4n) is 3.88. The summed E-state index contributed by atoms with van der Waals surface area (Å²) in [4.78, 5) is 12.1. The lowest BCUT2D eigenvalue weighted by molar-refractivity contribution is -0.156. The second-order valence-electron chi connectivity index (χ2n) is 8.99. The molecule has 6 nitrogen and oxygen atoms in total. The van der Waals surface area contributed by atoms with Gasteiger partial charge in [-0.2, -0.15) is 0 Å². The molecule has 1 atom stereocenters. The highest BCUT2D eigenvalue weighted by atomic mass is 32.2. The molecule has 33 heavy (non-hydrogen) atoms. The summed E-state index contributed by atoms with van der Waals surface area (Å²) in [5.74, 6) is -0.438. The van der Waals surface area contributed by atoms with Crippen LogP contribution in [0.4, 0.5) is 5.69 Å². The number of carboxylic acid groups (broad SMARTS) is 1. The summed E-state index contributed by atoms with van der Waals surface area (Å²) in [6, 6.07) is 6.48. The highest BCUT2D eigenvalue weighted by molar-refractivity contribution is 7.92. The van der Waals surface area contributed by atoms with Gasteiger partial charge in [-0.05, 0) is 49.9 Å². The number of unbranched alkanes of at least 4 members (excludes halogenated alkanes) is 10. The minimum Gasteiger partial charge on any atom is -0.478 e. The molecule has 0 radical (unpaired) electrons. The average Bonchev–Trinajstić information content (AvgIpc) is 2.79. The van der Waals surface area contributed by atoms with Gasteiger partial charge in [0.05, 0.1) is 5.75 Å². The third-order valence-corrected chi connectivity index (χ3v) is 7.48. The molecule has 1 unspecified atom stereocenters. The molecule has 1 aromatic carbocycles. The molecule has 190 valence electrons. The molecule has 0 heterocycles. The third-order valence-electron chi connectivity index (χ3n) is 6.10. The number of ether oxygens (including phenoxy) is 1. The van der Waals surface area contributed by atoms with Gasteiger partial charge in [0.15, 0.2) is 0 Å². The normalized spacial score (nSPS) is 13.4. The van der Waals surface area contributed by atoms with Crippen LogP contribution in [0.5, 0.6) is 5.75 Å². The molecule has 0 fully saturated rings. The third kappa shape index (κ3) is 11.8. The predicted molar refractivity (Wildman–Crippen MR) is 137 cm³/mol. The van der Waals surface area contributed by atoms with Gasteiger partial charge in [0.1, 0.15) is 5.75 Å². The smallest absolute Gasteiger partial charge is 0.348 e. The van der Waals surface area contributed by atoms with Crippen LogP contribution in [-0.2, 0) is 14.8 Å².